The van der Waals surface area contributed by atoms with Crippen LogP contribution in [0.3, 0.4) is 0 Å². The maximum atomic E-state index is 12.6. The van der Waals surface area contributed by atoms with Crippen molar-refractivity contribution in [2.45, 2.75) is 30.8 Å². The fourth-order valence-electron chi connectivity index (χ4n) is 2.88. The highest BCUT2D eigenvalue weighted by Crippen LogP contribution is 2.20. The van der Waals surface area contributed by atoms with E-state index in [0.717, 1.165) is 5.56 Å². The van der Waals surface area contributed by atoms with E-state index < -0.39 is 10.0 Å². The van der Waals surface area contributed by atoms with Gasteiger partial charge in [0.2, 0.25) is 0 Å². The fraction of sp³-hybridized carbons (Fsp3) is 0.316. The van der Waals surface area contributed by atoms with E-state index in [1.807, 2.05) is 19.1 Å². The summed E-state index contributed by atoms with van der Waals surface area (Å²) in [6.07, 6.45) is 0.710. The van der Waals surface area contributed by atoms with E-state index in [1.165, 1.54) is 12.1 Å². The second kappa shape index (κ2) is 7.47. The molecule has 0 aliphatic carbocycles. The molecule has 1 saturated heterocycles. The van der Waals surface area contributed by atoms with Crippen molar-refractivity contribution in [3.63, 3.8) is 0 Å². The molecule has 6 nitrogen and oxygen atoms in total. The number of likely N-dealkylation sites (tertiary alicyclic amines) is 1. The number of aliphatic hydroxyl groups excluding tert-OH is 1. The first-order chi connectivity index (χ1) is 12.3. The average Bonchev–Trinajstić information content (AvgIpc) is 2.64. The van der Waals surface area contributed by atoms with Crippen LogP contribution in [0.2, 0.25) is 0 Å². The molecule has 7 heteroatoms. The fourth-order valence-corrected chi connectivity index (χ4v) is 3.99. The number of amides is 1. The highest BCUT2D eigenvalue weighted by molar-refractivity contribution is 7.92. The highest BCUT2D eigenvalue weighted by atomic mass is 32.2. The molecule has 1 heterocycles. The van der Waals surface area contributed by atoms with Gasteiger partial charge in [-0.3, -0.25) is 9.52 Å². The minimum absolute atomic E-state index is 0.0426. The van der Waals surface area contributed by atoms with Crippen LogP contribution >= 0.6 is 0 Å². The van der Waals surface area contributed by atoms with Crippen LogP contribution in [0.4, 0.5) is 5.69 Å². The summed E-state index contributed by atoms with van der Waals surface area (Å²) in [7, 11) is -3.78. The van der Waals surface area contributed by atoms with Gasteiger partial charge >= 0.3 is 0 Å². The van der Waals surface area contributed by atoms with Crippen LogP contribution in [-0.2, 0) is 10.0 Å². The van der Waals surface area contributed by atoms with E-state index in [9.17, 15) is 18.3 Å². The van der Waals surface area contributed by atoms with Gasteiger partial charge in [-0.25, -0.2) is 8.42 Å². The lowest BCUT2D eigenvalue weighted by Gasteiger charge is -2.29. The predicted molar refractivity (Wildman–Crippen MR) is 99.6 cm³/mol. The average molecular weight is 374 g/mol. The summed E-state index contributed by atoms with van der Waals surface area (Å²) in [6, 6.07) is 13.1. The third kappa shape index (κ3) is 4.23. The molecular weight excluding hydrogens is 352 g/mol. The Balaban J connectivity index is 1.79. The summed E-state index contributed by atoms with van der Waals surface area (Å²) in [5, 5.41) is 9.56. The Morgan fingerprint density at radius 2 is 1.77 bits per heavy atom. The molecule has 3 rings (SSSR count). The monoisotopic (exact) mass is 374 g/mol. The van der Waals surface area contributed by atoms with E-state index in [0.29, 0.717) is 37.2 Å². The Morgan fingerprint density at radius 1 is 1.12 bits per heavy atom. The van der Waals surface area contributed by atoms with Crippen molar-refractivity contribution in [2.24, 2.45) is 0 Å². The smallest absolute Gasteiger partial charge is 0.261 e. The number of hydrogen-bond acceptors (Lipinski definition) is 4. The van der Waals surface area contributed by atoms with Crippen molar-refractivity contribution in [3.8, 4) is 0 Å². The number of aliphatic hydroxyl groups is 1. The van der Waals surface area contributed by atoms with Gasteiger partial charge in [0.05, 0.1) is 11.0 Å². The minimum atomic E-state index is -3.78. The normalized spacial score (nSPS) is 15.7. The zero-order valence-electron chi connectivity index (χ0n) is 14.6. The van der Waals surface area contributed by atoms with Crippen LogP contribution in [0.1, 0.15) is 28.8 Å². The van der Waals surface area contributed by atoms with Crippen LogP contribution in [-0.4, -0.2) is 43.5 Å². The third-order valence-electron chi connectivity index (χ3n) is 4.45. The second-order valence-corrected chi connectivity index (χ2v) is 8.21. The maximum absolute atomic E-state index is 12.6. The van der Waals surface area contributed by atoms with Gasteiger partial charge in [-0.05, 0) is 50.1 Å². The Hall–Kier alpha value is -2.38. The van der Waals surface area contributed by atoms with E-state index in [4.69, 9.17) is 0 Å². The van der Waals surface area contributed by atoms with E-state index >= 15 is 0 Å². The highest BCUT2D eigenvalue weighted by Gasteiger charge is 2.23. The molecule has 0 unspecified atom stereocenters. The number of carbonyl (C=O) groups excluding carboxylic acids is 1. The van der Waals surface area contributed by atoms with Gasteiger partial charge in [-0.2, -0.15) is 0 Å². The molecular formula is C19H22N2O4S. The van der Waals surface area contributed by atoms with Gasteiger partial charge in [0.15, 0.2) is 0 Å². The van der Waals surface area contributed by atoms with Gasteiger partial charge < -0.3 is 10.0 Å². The SMILES string of the molecule is Cc1ccc(NS(=O)(=O)c2cccc(C(=O)N3CCC(O)CC3)c2)cc1. The van der Waals surface area contributed by atoms with Gasteiger partial charge in [0.25, 0.3) is 15.9 Å². The van der Waals surface area contributed by atoms with Gasteiger partial charge in [-0.1, -0.05) is 23.8 Å². The summed E-state index contributed by atoms with van der Waals surface area (Å²) in [5.74, 6) is -0.218. The molecule has 2 N–H and O–H groups in total. The summed E-state index contributed by atoms with van der Waals surface area (Å²) in [6.45, 7) is 2.87. The van der Waals surface area contributed by atoms with Gasteiger partial charge in [0.1, 0.15) is 0 Å². The largest absolute Gasteiger partial charge is 0.393 e. The van der Waals surface area contributed by atoms with Crippen LogP contribution in [0.5, 0.6) is 0 Å². The molecule has 0 atom stereocenters. The van der Waals surface area contributed by atoms with Crippen molar-refractivity contribution in [1.82, 2.24) is 4.90 Å². The number of piperidine rings is 1. The first-order valence-electron chi connectivity index (χ1n) is 8.52. The Kier molecular flexibility index (Phi) is 5.29. The summed E-state index contributed by atoms with van der Waals surface area (Å²) < 4.78 is 27.8. The van der Waals surface area contributed by atoms with E-state index in [-0.39, 0.29) is 16.9 Å². The zero-order chi connectivity index (χ0) is 18.7. The van der Waals surface area contributed by atoms with Gasteiger partial charge in [-0.15, -0.1) is 0 Å². The Morgan fingerprint density at radius 3 is 2.42 bits per heavy atom. The van der Waals surface area contributed by atoms with E-state index in [2.05, 4.69) is 4.72 Å². The standard InChI is InChI=1S/C19H22N2O4S/c1-14-5-7-16(8-6-14)20-26(24,25)18-4-2-3-15(13-18)19(23)21-11-9-17(22)10-12-21/h2-8,13,17,20,22H,9-12H2,1H3. The third-order valence-corrected chi connectivity index (χ3v) is 5.83. The van der Waals surface area contributed by atoms with Gasteiger partial charge in [0, 0.05) is 24.3 Å². The van der Waals surface area contributed by atoms with E-state index in [1.54, 1.807) is 29.2 Å². The molecule has 0 aromatic heterocycles. The summed E-state index contributed by atoms with van der Waals surface area (Å²) in [4.78, 5) is 14.3. The second-order valence-electron chi connectivity index (χ2n) is 6.52. The number of aryl methyl sites for hydroxylation is 1. The molecule has 0 spiro atoms. The Labute approximate surface area is 153 Å². The quantitative estimate of drug-likeness (QED) is 0.860. The molecule has 0 radical (unpaired) electrons. The molecule has 0 bridgehead atoms. The number of rotatable bonds is 4. The maximum Gasteiger partial charge on any atom is 0.261 e. The molecule has 2 aromatic rings. The first-order valence-corrected chi connectivity index (χ1v) is 10.0. The van der Waals surface area contributed by atoms with Crippen LogP contribution in [0.15, 0.2) is 53.4 Å². The van der Waals surface area contributed by atoms with Crippen molar-refractivity contribution >= 4 is 21.6 Å². The molecule has 26 heavy (non-hydrogen) atoms. The molecule has 1 aliphatic rings. The molecule has 1 aliphatic heterocycles. The number of sulfonamides is 1. The van der Waals surface area contributed by atoms with Crippen molar-refractivity contribution < 1.29 is 18.3 Å². The van der Waals surface area contributed by atoms with Crippen LogP contribution < -0.4 is 4.72 Å². The number of carbonyl (C=O) groups is 1. The number of nitrogens with one attached hydrogen (secondary N) is 1. The van der Waals surface area contributed by atoms with Crippen molar-refractivity contribution in [2.75, 3.05) is 17.8 Å². The van der Waals surface area contributed by atoms with Crippen LogP contribution in [0, 0.1) is 6.92 Å². The molecule has 1 amide bonds. The number of benzene rings is 2. The topological polar surface area (TPSA) is 86.7 Å². The molecule has 1 fully saturated rings. The zero-order valence-corrected chi connectivity index (χ0v) is 15.4. The van der Waals surface area contributed by atoms with Crippen molar-refractivity contribution in [1.29, 1.82) is 0 Å². The molecule has 2 aromatic carbocycles. The lowest BCUT2D eigenvalue weighted by Crippen LogP contribution is -2.40. The number of hydrogen-bond donors (Lipinski definition) is 2. The Bertz CT molecular complexity index is 886. The predicted octanol–water partition coefficient (Wildman–Crippen LogP) is 2.39. The van der Waals surface area contributed by atoms with Crippen molar-refractivity contribution in [3.05, 3.63) is 59.7 Å². The molecule has 0 saturated carbocycles. The minimum Gasteiger partial charge on any atom is -0.393 e. The first kappa shape index (κ1) is 18.4. The summed E-state index contributed by atoms with van der Waals surface area (Å²) in [5.41, 5.74) is 1.83. The van der Waals surface area contributed by atoms with Crippen LogP contribution in [0.25, 0.3) is 0 Å². The lowest BCUT2D eigenvalue weighted by atomic mass is 10.1. The lowest BCUT2D eigenvalue weighted by molar-refractivity contribution is 0.0546. The summed E-state index contributed by atoms with van der Waals surface area (Å²) >= 11 is 0. The molecule has 138 valence electrons. The number of anilines is 1. The number of nitrogens with zero attached hydrogens (tertiary/aromatic N) is 1.